The average Bonchev–Trinajstić information content (AvgIpc) is 2.84. The van der Waals surface area contributed by atoms with Crippen molar-refractivity contribution in [2.45, 2.75) is 19.4 Å². The van der Waals surface area contributed by atoms with Crippen molar-refractivity contribution < 1.29 is 4.79 Å². The quantitative estimate of drug-likeness (QED) is 0.391. The van der Waals surface area contributed by atoms with Crippen LogP contribution in [0.5, 0.6) is 0 Å². The van der Waals surface area contributed by atoms with E-state index in [1.54, 1.807) is 6.20 Å². The summed E-state index contributed by atoms with van der Waals surface area (Å²) in [4.78, 5) is 17.6. The van der Waals surface area contributed by atoms with Gasteiger partial charge in [0.1, 0.15) is 11.9 Å². The molecule has 0 aliphatic carbocycles. The van der Waals surface area contributed by atoms with Gasteiger partial charge in [-0.2, -0.15) is 0 Å². The molecule has 0 saturated carbocycles. The predicted octanol–water partition coefficient (Wildman–Crippen LogP) is 5.57. The summed E-state index contributed by atoms with van der Waals surface area (Å²) in [5, 5.41) is 6.38. The van der Waals surface area contributed by atoms with Gasteiger partial charge in [0.15, 0.2) is 0 Å². The highest BCUT2D eigenvalue weighted by atomic mass is 16.2. The van der Waals surface area contributed by atoms with Gasteiger partial charge < -0.3 is 10.6 Å². The molecule has 0 unspecified atom stereocenters. The molecule has 4 aromatic rings. The lowest BCUT2D eigenvalue weighted by atomic mass is 10.0. The SMILES string of the molecule is Cc1ccc(CCN[C@H](C(=O)Nc2ccc(-c3ccccc3)cn2)c2ccccc2)cc1. The van der Waals surface area contributed by atoms with Crippen LogP contribution in [0.25, 0.3) is 11.1 Å². The number of anilines is 1. The summed E-state index contributed by atoms with van der Waals surface area (Å²) in [5.41, 5.74) is 5.52. The molecule has 0 saturated heterocycles. The van der Waals surface area contributed by atoms with Gasteiger partial charge in [0, 0.05) is 18.3 Å². The van der Waals surface area contributed by atoms with Crippen LogP contribution in [0.1, 0.15) is 22.7 Å². The lowest BCUT2D eigenvalue weighted by Gasteiger charge is -2.19. The molecule has 160 valence electrons. The highest BCUT2D eigenvalue weighted by Gasteiger charge is 2.20. The third-order valence-corrected chi connectivity index (χ3v) is 5.40. The van der Waals surface area contributed by atoms with Crippen molar-refractivity contribution in [3.8, 4) is 11.1 Å². The van der Waals surface area contributed by atoms with Gasteiger partial charge in [-0.1, -0.05) is 90.5 Å². The van der Waals surface area contributed by atoms with Crippen LogP contribution in [0.3, 0.4) is 0 Å². The molecule has 0 aliphatic rings. The Hall–Kier alpha value is -3.76. The number of carbonyl (C=O) groups excluding carboxylic acids is 1. The molecule has 4 heteroatoms. The van der Waals surface area contributed by atoms with E-state index < -0.39 is 6.04 Å². The van der Waals surface area contributed by atoms with E-state index in [1.165, 1.54) is 11.1 Å². The summed E-state index contributed by atoms with van der Waals surface area (Å²) in [6.07, 6.45) is 2.63. The topological polar surface area (TPSA) is 54.0 Å². The fraction of sp³-hybridized carbons (Fsp3) is 0.143. The normalized spacial score (nSPS) is 11.7. The lowest BCUT2D eigenvalue weighted by Crippen LogP contribution is -2.34. The van der Waals surface area contributed by atoms with Gasteiger partial charge in [-0.25, -0.2) is 4.98 Å². The van der Waals surface area contributed by atoms with Crippen molar-refractivity contribution in [1.29, 1.82) is 0 Å². The molecule has 4 nitrogen and oxygen atoms in total. The van der Waals surface area contributed by atoms with E-state index in [9.17, 15) is 4.79 Å². The first-order valence-corrected chi connectivity index (χ1v) is 10.9. The van der Waals surface area contributed by atoms with Crippen LogP contribution in [-0.4, -0.2) is 17.4 Å². The maximum atomic E-state index is 13.1. The second-order valence-corrected chi connectivity index (χ2v) is 7.82. The molecule has 0 fully saturated rings. The monoisotopic (exact) mass is 421 g/mol. The molecule has 0 bridgehead atoms. The maximum Gasteiger partial charge on any atom is 0.247 e. The molecule has 0 radical (unpaired) electrons. The molecule has 32 heavy (non-hydrogen) atoms. The zero-order chi connectivity index (χ0) is 22.2. The molecule has 0 spiro atoms. The van der Waals surface area contributed by atoms with Gasteiger partial charge in [0.05, 0.1) is 0 Å². The van der Waals surface area contributed by atoms with Crippen molar-refractivity contribution in [3.05, 3.63) is 120 Å². The Balaban J connectivity index is 1.43. The van der Waals surface area contributed by atoms with E-state index >= 15 is 0 Å². The van der Waals surface area contributed by atoms with Crippen molar-refractivity contribution in [3.63, 3.8) is 0 Å². The zero-order valence-corrected chi connectivity index (χ0v) is 18.2. The third kappa shape index (κ3) is 5.68. The van der Waals surface area contributed by atoms with Crippen LogP contribution in [0.4, 0.5) is 5.82 Å². The first kappa shape index (κ1) is 21.5. The van der Waals surface area contributed by atoms with Gasteiger partial charge in [-0.05, 0) is 42.2 Å². The molecule has 4 rings (SSSR count). The average molecular weight is 422 g/mol. The molecule has 1 amide bonds. The number of hydrogen-bond acceptors (Lipinski definition) is 3. The van der Waals surface area contributed by atoms with E-state index in [1.807, 2.05) is 72.8 Å². The Bertz CT molecular complexity index is 1120. The second-order valence-electron chi connectivity index (χ2n) is 7.82. The summed E-state index contributed by atoms with van der Waals surface area (Å²) >= 11 is 0. The number of nitrogens with zero attached hydrogens (tertiary/aromatic N) is 1. The Morgan fingerprint density at radius 3 is 2.16 bits per heavy atom. The van der Waals surface area contributed by atoms with Gasteiger partial charge >= 0.3 is 0 Å². The van der Waals surface area contributed by atoms with Crippen LogP contribution in [-0.2, 0) is 11.2 Å². The fourth-order valence-electron chi connectivity index (χ4n) is 3.59. The Morgan fingerprint density at radius 1 is 0.812 bits per heavy atom. The summed E-state index contributed by atoms with van der Waals surface area (Å²) in [7, 11) is 0. The van der Waals surface area contributed by atoms with Crippen LogP contribution in [0.15, 0.2) is 103 Å². The Kier molecular flexibility index (Phi) is 7.05. The minimum atomic E-state index is -0.461. The standard InChI is InChI=1S/C28H27N3O/c1-21-12-14-22(15-13-21)18-19-29-27(24-10-6-3-7-11-24)28(32)31-26-17-16-25(20-30-26)23-8-4-2-5-9-23/h2-17,20,27,29H,18-19H2,1H3,(H,30,31,32)/t27-/m0/s1. The highest BCUT2D eigenvalue weighted by Crippen LogP contribution is 2.20. The molecule has 3 aromatic carbocycles. The van der Waals surface area contributed by atoms with Crippen molar-refractivity contribution in [2.24, 2.45) is 0 Å². The number of aromatic nitrogens is 1. The number of hydrogen-bond donors (Lipinski definition) is 2. The molecule has 1 heterocycles. The minimum Gasteiger partial charge on any atom is -0.309 e. The summed E-state index contributed by atoms with van der Waals surface area (Å²) < 4.78 is 0. The molecular formula is C28H27N3O. The van der Waals surface area contributed by atoms with Crippen molar-refractivity contribution in [1.82, 2.24) is 10.3 Å². The minimum absolute atomic E-state index is 0.125. The van der Waals surface area contributed by atoms with Crippen LogP contribution >= 0.6 is 0 Å². The third-order valence-electron chi connectivity index (χ3n) is 5.40. The van der Waals surface area contributed by atoms with Crippen molar-refractivity contribution >= 4 is 11.7 Å². The van der Waals surface area contributed by atoms with Crippen LogP contribution in [0, 0.1) is 6.92 Å². The largest absolute Gasteiger partial charge is 0.309 e. The number of rotatable bonds is 8. The fourth-order valence-corrected chi connectivity index (χ4v) is 3.59. The number of nitrogens with one attached hydrogen (secondary N) is 2. The van der Waals surface area contributed by atoms with E-state index in [0.717, 1.165) is 23.1 Å². The number of carbonyl (C=O) groups is 1. The lowest BCUT2D eigenvalue weighted by molar-refractivity contribution is -0.118. The van der Waals surface area contributed by atoms with E-state index in [2.05, 4.69) is 46.8 Å². The van der Waals surface area contributed by atoms with Gasteiger partial charge in [-0.15, -0.1) is 0 Å². The zero-order valence-electron chi connectivity index (χ0n) is 18.2. The second kappa shape index (κ2) is 10.5. The van der Waals surface area contributed by atoms with Crippen LogP contribution in [0.2, 0.25) is 0 Å². The number of pyridine rings is 1. The molecule has 1 aromatic heterocycles. The Labute approximate surface area is 189 Å². The summed E-state index contributed by atoms with van der Waals surface area (Å²) in [6.45, 7) is 2.77. The number of benzene rings is 3. The van der Waals surface area contributed by atoms with Crippen LogP contribution < -0.4 is 10.6 Å². The molecular weight excluding hydrogens is 394 g/mol. The molecule has 2 N–H and O–H groups in total. The maximum absolute atomic E-state index is 13.1. The number of amides is 1. The smallest absolute Gasteiger partial charge is 0.247 e. The number of aryl methyl sites for hydroxylation is 1. The Morgan fingerprint density at radius 2 is 1.50 bits per heavy atom. The van der Waals surface area contributed by atoms with E-state index in [0.29, 0.717) is 12.4 Å². The molecule has 0 aliphatic heterocycles. The first-order chi connectivity index (χ1) is 15.7. The van der Waals surface area contributed by atoms with E-state index in [-0.39, 0.29) is 5.91 Å². The van der Waals surface area contributed by atoms with Gasteiger partial charge in [0.2, 0.25) is 5.91 Å². The van der Waals surface area contributed by atoms with Crippen molar-refractivity contribution in [2.75, 3.05) is 11.9 Å². The van der Waals surface area contributed by atoms with Gasteiger partial charge in [0.25, 0.3) is 0 Å². The summed E-state index contributed by atoms with van der Waals surface area (Å²) in [5.74, 6) is 0.413. The van der Waals surface area contributed by atoms with Gasteiger partial charge in [-0.3, -0.25) is 4.79 Å². The highest BCUT2D eigenvalue weighted by molar-refractivity contribution is 5.95. The summed E-state index contributed by atoms with van der Waals surface area (Å²) in [6, 6.07) is 31.7. The predicted molar refractivity (Wildman–Crippen MR) is 130 cm³/mol. The first-order valence-electron chi connectivity index (χ1n) is 10.9. The van der Waals surface area contributed by atoms with E-state index in [4.69, 9.17) is 0 Å². The molecule has 1 atom stereocenters.